The molecule has 4 rings (SSSR count). The average molecular weight is 420 g/mol. The van der Waals surface area contributed by atoms with Crippen molar-refractivity contribution in [3.8, 4) is 11.1 Å². The van der Waals surface area contributed by atoms with E-state index in [9.17, 15) is 9.59 Å². The van der Waals surface area contributed by atoms with Crippen LogP contribution in [0.4, 0.5) is 5.00 Å². The molecule has 0 aliphatic rings. The summed E-state index contributed by atoms with van der Waals surface area (Å²) in [6, 6.07) is 15.5. The number of hydrogen-bond donors (Lipinski definition) is 1. The van der Waals surface area contributed by atoms with Crippen LogP contribution in [0.15, 0.2) is 64.6 Å². The Morgan fingerprint density at radius 3 is 2.70 bits per heavy atom. The molecule has 2 heterocycles. The number of hydrogen-bond acceptors (Lipinski definition) is 5. The molecule has 0 saturated carbocycles. The molecular formula is C24H21NO4S. The zero-order chi connectivity index (χ0) is 21.1. The monoisotopic (exact) mass is 419 g/mol. The van der Waals surface area contributed by atoms with Gasteiger partial charge in [-0.15, -0.1) is 11.3 Å². The van der Waals surface area contributed by atoms with Gasteiger partial charge < -0.3 is 14.5 Å². The SMILES string of the molecule is CCOC(=O)c1c(-c2ccccc2)csc1NC(=O)Cc1coc2ccc(C)cc12. The van der Waals surface area contributed by atoms with Gasteiger partial charge in [-0.3, -0.25) is 4.79 Å². The molecule has 0 spiro atoms. The van der Waals surface area contributed by atoms with Crippen LogP contribution in [0.1, 0.15) is 28.4 Å². The summed E-state index contributed by atoms with van der Waals surface area (Å²) in [5, 5.41) is 6.17. The largest absolute Gasteiger partial charge is 0.464 e. The molecule has 0 aliphatic carbocycles. The van der Waals surface area contributed by atoms with Crippen LogP contribution in [0.2, 0.25) is 0 Å². The van der Waals surface area contributed by atoms with Crippen molar-refractivity contribution < 1.29 is 18.7 Å². The topological polar surface area (TPSA) is 68.5 Å². The minimum Gasteiger partial charge on any atom is -0.464 e. The minimum absolute atomic E-state index is 0.150. The van der Waals surface area contributed by atoms with Crippen LogP contribution in [0.5, 0.6) is 0 Å². The number of aryl methyl sites for hydroxylation is 1. The van der Waals surface area contributed by atoms with Gasteiger partial charge in [-0.25, -0.2) is 4.79 Å². The second-order valence-electron chi connectivity index (χ2n) is 6.93. The predicted molar refractivity (Wildman–Crippen MR) is 119 cm³/mol. The zero-order valence-corrected chi connectivity index (χ0v) is 17.5. The van der Waals surface area contributed by atoms with Crippen LogP contribution in [0.3, 0.4) is 0 Å². The third-order valence-electron chi connectivity index (χ3n) is 4.77. The molecule has 0 radical (unpaired) electrons. The summed E-state index contributed by atoms with van der Waals surface area (Å²) in [6.45, 7) is 4.02. The van der Waals surface area contributed by atoms with E-state index in [4.69, 9.17) is 9.15 Å². The van der Waals surface area contributed by atoms with Gasteiger partial charge in [-0.2, -0.15) is 0 Å². The summed E-state index contributed by atoms with van der Waals surface area (Å²) in [5.74, 6) is -0.663. The number of thiophene rings is 1. The Balaban J connectivity index is 1.62. The van der Waals surface area contributed by atoms with E-state index in [0.717, 1.165) is 33.2 Å². The van der Waals surface area contributed by atoms with E-state index >= 15 is 0 Å². The van der Waals surface area contributed by atoms with Gasteiger partial charge in [0, 0.05) is 21.9 Å². The van der Waals surface area contributed by atoms with E-state index in [2.05, 4.69) is 5.32 Å². The van der Waals surface area contributed by atoms with Crippen molar-refractivity contribution in [3.63, 3.8) is 0 Å². The molecule has 2 aromatic heterocycles. The quantitative estimate of drug-likeness (QED) is 0.399. The fourth-order valence-corrected chi connectivity index (χ4v) is 4.34. The smallest absolute Gasteiger partial charge is 0.341 e. The first-order chi connectivity index (χ1) is 14.6. The summed E-state index contributed by atoms with van der Waals surface area (Å²) in [5.41, 5.74) is 4.68. The molecule has 2 aromatic carbocycles. The summed E-state index contributed by atoms with van der Waals surface area (Å²) >= 11 is 1.32. The Morgan fingerprint density at radius 1 is 1.13 bits per heavy atom. The summed E-state index contributed by atoms with van der Waals surface area (Å²) in [4.78, 5) is 25.4. The van der Waals surface area contributed by atoms with Crippen LogP contribution in [0, 0.1) is 6.92 Å². The number of esters is 1. The molecule has 5 nitrogen and oxygen atoms in total. The highest BCUT2D eigenvalue weighted by Crippen LogP contribution is 2.36. The number of carbonyl (C=O) groups is 2. The normalized spacial score (nSPS) is 10.9. The molecule has 152 valence electrons. The molecule has 6 heteroatoms. The summed E-state index contributed by atoms with van der Waals surface area (Å²) in [6.07, 6.45) is 1.76. The highest BCUT2D eigenvalue weighted by Gasteiger charge is 2.23. The number of ether oxygens (including phenoxy) is 1. The van der Waals surface area contributed by atoms with Gasteiger partial charge in [-0.05, 0) is 31.5 Å². The molecule has 0 aliphatic heterocycles. The summed E-state index contributed by atoms with van der Waals surface area (Å²) in [7, 11) is 0. The third-order valence-corrected chi connectivity index (χ3v) is 5.66. The molecule has 1 amide bonds. The standard InChI is InChI=1S/C24H21NO4S/c1-3-28-24(27)22-19(16-7-5-4-6-8-16)14-30-23(22)25-21(26)12-17-13-29-20-10-9-15(2)11-18(17)20/h4-11,13-14H,3,12H2,1-2H3,(H,25,26). The first kappa shape index (κ1) is 19.9. The van der Waals surface area contributed by atoms with E-state index in [-0.39, 0.29) is 18.9 Å². The second kappa shape index (κ2) is 8.55. The van der Waals surface area contributed by atoms with Crippen LogP contribution in [-0.2, 0) is 16.0 Å². The third kappa shape index (κ3) is 4.00. The molecule has 1 N–H and O–H groups in total. The summed E-state index contributed by atoms with van der Waals surface area (Å²) < 4.78 is 10.8. The first-order valence-corrected chi connectivity index (χ1v) is 10.6. The highest BCUT2D eigenvalue weighted by atomic mass is 32.1. The van der Waals surface area contributed by atoms with E-state index in [1.807, 2.05) is 60.8 Å². The second-order valence-corrected chi connectivity index (χ2v) is 7.81. The molecule has 0 atom stereocenters. The number of nitrogens with one attached hydrogen (secondary N) is 1. The maximum atomic E-state index is 12.8. The molecule has 0 fully saturated rings. The lowest BCUT2D eigenvalue weighted by atomic mass is 10.0. The minimum atomic E-state index is -0.447. The Morgan fingerprint density at radius 2 is 1.93 bits per heavy atom. The lowest BCUT2D eigenvalue weighted by Crippen LogP contribution is -2.16. The Bertz CT molecular complexity index is 1210. The maximum Gasteiger partial charge on any atom is 0.341 e. The van der Waals surface area contributed by atoms with Gasteiger partial charge in [-0.1, -0.05) is 42.0 Å². The fraction of sp³-hybridized carbons (Fsp3) is 0.167. The molecule has 4 aromatic rings. The lowest BCUT2D eigenvalue weighted by Gasteiger charge is -2.08. The average Bonchev–Trinajstić information content (AvgIpc) is 3.33. The number of rotatable bonds is 6. The van der Waals surface area contributed by atoms with Crippen LogP contribution in [0.25, 0.3) is 22.1 Å². The van der Waals surface area contributed by atoms with Crippen LogP contribution >= 0.6 is 11.3 Å². The van der Waals surface area contributed by atoms with Crippen molar-refractivity contribution in [3.05, 3.63) is 76.9 Å². The zero-order valence-electron chi connectivity index (χ0n) is 16.7. The number of furan rings is 1. The number of amides is 1. The van der Waals surface area contributed by atoms with E-state index in [1.165, 1.54) is 11.3 Å². The molecule has 0 unspecified atom stereocenters. The number of benzene rings is 2. The van der Waals surface area contributed by atoms with Gasteiger partial charge >= 0.3 is 5.97 Å². The maximum absolute atomic E-state index is 12.8. The van der Waals surface area contributed by atoms with Crippen molar-refractivity contribution in [1.29, 1.82) is 0 Å². The van der Waals surface area contributed by atoms with Crippen molar-refractivity contribution in [2.45, 2.75) is 20.3 Å². The van der Waals surface area contributed by atoms with Crippen molar-refractivity contribution >= 4 is 39.2 Å². The highest BCUT2D eigenvalue weighted by molar-refractivity contribution is 7.15. The number of fused-ring (bicyclic) bond motifs is 1. The van der Waals surface area contributed by atoms with Gasteiger partial charge in [0.15, 0.2) is 0 Å². The lowest BCUT2D eigenvalue weighted by molar-refractivity contribution is -0.115. The Labute approximate surface area is 178 Å². The van der Waals surface area contributed by atoms with E-state index in [1.54, 1.807) is 13.2 Å². The van der Waals surface area contributed by atoms with Crippen LogP contribution < -0.4 is 5.32 Å². The van der Waals surface area contributed by atoms with Crippen molar-refractivity contribution in [2.75, 3.05) is 11.9 Å². The molecular weight excluding hydrogens is 398 g/mol. The fourth-order valence-electron chi connectivity index (χ4n) is 3.36. The molecule has 30 heavy (non-hydrogen) atoms. The van der Waals surface area contributed by atoms with Gasteiger partial charge in [0.25, 0.3) is 0 Å². The molecule has 0 saturated heterocycles. The van der Waals surface area contributed by atoms with Gasteiger partial charge in [0.2, 0.25) is 5.91 Å². The number of anilines is 1. The Hall–Kier alpha value is -3.38. The van der Waals surface area contributed by atoms with E-state index in [0.29, 0.717) is 10.6 Å². The number of carbonyl (C=O) groups excluding carboxylic acids is 2. The molecule has 0 bridgehead atoms. The van der Waals surface area contributed by atoms with Gasteiger partial charge in [0.1, 0.15) is 16.1 Å². The predicted octanol–water partition coefficient (Wildman–Crippen LogP) is 5.83. The van der Waals surface area contributed by atoms with Gasteiger partial charge in [0.05, 0.1) is 19.3 Å². The first-order valence-electron chi connectivity index (χ1n) is 9.67. The van der Waals surface area contributed by atoms with Crippen molar-refractivity contribution in [1.82, 2.24) is 0 Å². The van der Waals surface area contributed by atoms with E-state index < -0.39 is 5.97 Å². The van der Waals surface area contributed by atoms with Crippen molar-refractivity contribution in [2.24, 2.45) is 0 Å². The Kier molecular flexibility index (Phi) is 5.68. The van der Waals surface area contributed by atoms with Crippen LogP contribution in [-0.4, -0.2) is 18.5 Å².